The van der Waals surface area contributed by atoms with Crippen LogP contribution in [0.25, 0.3) is 27.6 Å². The van der Waals surface area contributed by atoms with Crippen molar-refractivity contribution in [3.05, 3.63) is 88.4 Å². The smallest absolute Gasteiger partial charge is 0.266 e. The fourth-order valence-corrected chi connectivity index (χ4v) is 3.88. The molecule has 32 heavy (non-hydrogen) atoms. The first-order chi connectivity index (χ1) is 15.5. The number of rotatable bonds is 4. The van der Waals surface area contributed by atoms with Gasteiger partial charge < -0.3 is 10.3 Å². The molecule has 9 heteroatoms. The van der Waals surface area contributed by atoms with Crippen molar-refractivity contribution < 1.29 is 8.78 Å². The minimum atomic E-state index is -0.856. The molecule has 0 amide bonds. The van der Waals surface area contributed by atoms with E-state index in [0.717, 1.165) is 22.1 Å². The van der Waals surface area contributed by atoms with Crippen LogP contribution in [0, 0.1) is 18.6 Å². The molecule has 7 nitrogen and oxygen atoms in total. The normalized spacial score (nSPS) is 12.4. The van der Waals surface area contributed by atoms with Gasteiger partial charge in [-0.3, -0.25) is 9.36 Å². The molecule has 5 rings (SSSR count). The maximum absolute atomic E-state index is 14.8. The van der Waals surface area contributed by atoms with E-state index in [1.165, 1.54) is 12.4 Å². The van der Waals surface area contributed by atoms with E-state index in [4.69, 9.17) is 0 Å². The van der Waals surface area contributed by atoms with Crippen LogP contribution in [0.15, 0.2) is 59.8 Å². The van der Waals surface area contributed by atoms with Crippen LogP contribution in [-0.4, -0.2) is 24.5 Å². The predicted octanol–water partition coefficient (Wildman–Crippen LogP) is 4.42. The zero-order valence-electron chi connectivity index (χ0n) is 17.2. The molecular weight excluding hydrogens is 414 g/mol. The second-order valence-electron chi connectivity index (χ2n) is 7.48. The molecule has 2 aromatic carbocycles. The monoisotopic (exact) mass is 432 g/mol. The van der Waals surface area contributed by atoms with Gasteiger partial charge in [0, 0.05) is 6.20 Å². The van der Waals surface area contributed by atoms with Gasteiger partial charge in [0.1, 0.15) is 40.9 Å². The lowest BCUT2D eigenvalue weighted by molar-refractivity contribution is 0.558. The number of para-hydroxylation sites is 1. The predicted molar refractivity (Wildman–Crippen MR) is 118 cm³/mol. The van der Waals surface area contributed by atoms with Crippen molar-refractivity contribution in [1.29, 1.82) is 0 Å². The number of halogens is 2. The average Bonchev–Trinajstić information content (AvgIpc) is 3.24. The van der Waals surface area contributed by atoms with E-state index < -0.39 is 28.9 Å². The van der Waals surface area contributed by atoms with E-state index in [2.05, 4.69) is 25.3 Å². The molecule has 0 bridgehead atoms. The Bertz CT molecular complexity index is 1520. The molecule has 3 heterocycles. The highest BCUT2D eigenvalue weighted by Gasteiger charge is 2.23. The number of hydrogen-bond acceptors (Lipinski definition) is 5. The van der Waals surface area contributed by atoms with E-state index in [1.807, 2.05) is 6.07 Å². The number of anilines is 1. The minimum Gasteiger partial charge on any atom is -0.360 e. The molecule has 0 aliphatic rings. The Morgan fingerprint density at radius 3 is 2.59 bits per heavy atom. The van der Waals surface area contributed by atoms with Gasteiger partial charge in [0.15, 0.2) is 0 Å². The molecule has 1 atom stereocenters. The third kappa shape index (κ3) is 3.09. The number of aromatic amines is 1. The summed E-state index contributed by atoms with van der Waals surface area (Å²) in [7, 11) is 0. The highest BCUT2D eigenvalue weighted by Crippen LogP contribution is 2.27. The number of aryl methyl sites for hydroxylation is 1. The van der Waals surface area contributed by atoms with Gasteiger partial charge in [-0.2, -0.15) is 0 Å². The number of fused-ring (bicyclic) bond motifs is 2. The molecule has 0 radical (unpaired) electrons. The first-order valence-corrected chi connectivity index (χ1v) is 9.97. The number of nitrogens with zero attached hydrogens (tertiary/aromatic N) is 4. The van der Waals surface area contributed by atoms with Crippen molar-refractivity contribution in [1.82, 2.24) is 24.5 Å². The summed E-state index contributed by atoms with van der Waals surface area (Å²) >= 11 is 0. The SMILES string of the molecule is Cc1cccc2nc(C(C)Nc3ncnc4[nH]ccc34)n(-c3c(F)cccc3F)c(=O)c12. The van der Waals surface area contributed by atoms with Gasteiger partial charge in [0.2, 0.25) is 0 Å². The summed E-state index contributed by atoms with van der Waals surface area (Å²) in [5.41, 5.74) is 0.737. The Hall–Kier alpha value is -4.14. The van der Waals surface area contributed by atoms with Gasteiger partial charge in [0.25, 0.3) is 5.56 Å². The fourth-order valence-electron chi connectivity index (χ4n) is 3.88. The van der Waals surface area contributed by atoms with Crippen LogP contribution in [0.1, 0.15) is 24.4 Å². The summed E-state index contributed by atoms with van der Waals surface area (Å²) < 4.78 is 30.6. The summed E-state index contributed by atoms with van der Waals surface area (Å²) in [4.78, 5) is 29.6. The summed E-state index contributed by atoms with van der Waals surface area (Å²) in [6, 6.07) is 9.92. The number of nitrogens with one attached hydrogen (secondary N) is 2. The first-order valence-electron chi connectivity index (χ1n) is 9.97. The van der Waals surface area contributed by atoms with Crippen LogP contribution in [0.4, 0.5) is 14.6 Å². The lowest BCUT2D eigenvalue weighted by atomic mass is 10.1. The standard InChI is InChI=1S/C23H18F2N6O/c1-12-5-3-8-17-18(12)23(32)31(19-15(24)6-4-7-16(19)25)22(30-17)13(2)29-21-14-9-10-26-20(14)27-11-28-21/h3-11,13H,1-2H3,(H2,26,27,28,29). The van der Waals surface area contributed by atoms with Crippen molar-refractivity contribution in [2.45, 2.75) is 19.9 Å². The lowest BCUT2D eigenvalue weighted by Gasteiger charge is -2.21. The van der Waals surface area contributed by atoms with Gasteiger partial charge in [-0.1, -0.05) is 18.2 Å². The summed E-state index contributed by atoms with van der Waals surface area (Å²) in [6.07, 6.45) is 3.13. The highest BCUT2D eigenvalue weighted by molar-refractivity contribution is 5.87. The Balaban J connectivity index is 1.76. The zero-order valence-corrected chi connectivity index (χ0v) is 17.2. The minimum absolute atomic E-state index is 0.152. The summed E-state index contributed by atoms with van der Waals surface area (Å²) in [5.74, 6) is -1.06. The molecule has 2 N–H and O–H groups in total. The number of benzene rings is 2. The largest absolute Gasteiger partial charge is 0.360 e. The van der Waals surface area contributed by atoms with Crippen molar-refractivity contribution in [2.75, 3.05) is 5.32 Å². The van der Waals surface area contributed by atoms with Crippen LogP contribution in [-0.2, 0) is 0 Å². The molecule has 1 unspecified atom stereocenters. The van der Waals surface area contributed by atoms with Gasteiger partial charge in [-0.15, -0.1) is 0 Å². The first kappa shape index (κ1) is 19.8. The molecule has 0 fully saturated rings. The zero-order chi connectivity index (χ0) is 22.4. The van der Waals surface area contributed by atoms with Crippen molar-refractivity contribution >= 4 is 27.8 Å². The Labute approximate surface area is 180 Å². The van der Waals surface area contributed by atoms with E-state index in [-0.39, 0.29) is 5.82 Å². The van der Waals surface area contributed by atoms with Crippen molar-refractivity contribution in [3.63, 3.8) is 0 Å². The average molecular weight is 432 g/mol. The molecule has 0 spiro atoms. The summed E-state index contributed by atoms with van der Waals surface area (Å²) in [5, 5.41) is 4.25. The Morgan fingerprint density at radius 1 is 1.06 bits per heavy atom. The van der Waals surface area contributed by atoms with Gasteiger partial charge in [-0.25, -0.2) is 23.7 Å². The van der Waals surface area contributed by atoms with Crippen LogP contribution < -0.4 is 10.9 Å². The fraction of sp³-hybridized carbons (Fsp3) is 0.130. The third-order valence-electron chi connectivity index (χ3n) is 5.39. The van der Waals surface area contributed by atoms with Gasteiger partial charge in [-0.05, 0) is 43.7 Å². The van der Waals surface area contributed by atoms with Crippen LogP contribution in [0.3, 0.4) is 0 Å². The van der Waals surface area contributed by atoms with E-state index in [0.29, 0.717) is 27.9 Å². The maximum Gasteiger partial charge on any atom is 0.266 e. The second-order valence-corrected chi connectivity index (χ2v) is 7.48. The Morgan fingerprint density at radius 2 is 1.81 bits per heavy atom. The molecule has 0 aliphatic heterocycles. The third-order valence-corrected chi connectivity index (χ3v) is 5.39. The lowest BCUT2D eigenvalue weighted by Crippen LogP contribution is -2.29. The topological polar surface area (TPSA) is 88.5 Å². The van der Waals surface area contributed by atoms with Gasteiger partial charge >= 0.3 is 0 Å². The number of hydrogen-bond donors (Lipinski definition) is 2. The Kier molecular flexibility index (Phi) is 4.66. The molecule has 0 saturated carbocycles. The molecule has 0 aliphatic carbocycles. The van der Waals surface area contributed by atoms with E-state index in [9.17, 15) is 13.6 Å². The van der Waals surface area contributed by atoms with Crippen LogP contribution in [0.5, 0.6) is 0 Å². The molecule has 3 aromatic heterocycles. The van der Waals surface area contributed by atoms with Gasteiger partial charge in [0.05, 0.1) is 22.3 Å². The highest BCUT2D eigenvalue weighted by atomic mass is 19.1. The number of H-pyrrole nitrogens is 1. The second kappa shape index (κ2) is 7.52. The summed E-state index contributed by atoms with van der Waals surface area (Å²) in [6.45, 7) is 3.51. The molecule has 0 saturated heterocycles. The molecule has 160 valence electrons. The maximum atomic E-state index is 14.8. The van der Waals surface area contributed by atoms with Crippen LogP contribution >= 0.6 is 0 Å². The van der Waals surface area contributed by atoms with E-state index in [1.54, 1.807) is 38.2 Å². The van der Waals surface area contributed by atoms with Crippen LogP contribution in [0.2, 0.25) is 0 Å². The molecular formula is C23H18F2N6O. The van der Waals surface area contributed by atoms with Crippen molar-refractivity contribution in [3.8, 4) is 5.69 Å². The van der Waals surface area contributed by atoms with Crippen molar-refractivity contribution in [2.24, 2.45) is 0 Å². The number of aromatic nitrogens is 5. The molecule has 5 aromatic rings. The van der Waals surface area contributed by atoms with E-state index >= 15 is 0 Å². The quantitative estimate of drug-likeness (QED) is 0.439.